The summed E-state index contributed by atoms with van der Waals surface area (Å²) < 4.78 is 256. The Morgan fingerprint density at radius 3 is 2.00 bits per heavy atom. The van der Waals surface area contributed by atoms with Gasteiger partial charge in [-0.3, -0.25) is 0 Å². The third-order valence-electron chi connectivity index (χ3n) is 9.33. The first kappa shape index (κ1) is 14.9. The summed E-state index contributed by atoms with van der Waals surface area (Å²) >= 11 is 0. The SMILES string of the molecule is [2H]c1cc2c(oc3ccccc32)c(N(c2c([2H])c([2H])c(-c3c([2H])c([2H])c([2H])c([2H])c3[2H])c([2H])c2[2H])c2c([2H])c([2H])c([2H])c3c2oc2c(-c4c([2H])c([2H])c5c([2H])c([2H])c([2H])c([2H])c5c4[2H])c4c(oc5c([2H])c([2H])c([2H])c([2H])c54)c([2H])c23)c1[2H]. The predicted molar refractivity (Wildman–Crippen MR) is 231 cm³/mol. The lowest BCUT2D eigenvalue weighted by atomic mass is 9.95. The van der Waals surface area contributed by atoms with E-state index in [9.17, 15) is 16.4 Å². The van der Waals surface area contributed by atoms with Crippen molar-refractivity contribution in [1.29, 1.82) is 0 Å². The Morgan fingerprint density at radius 2 is 1.11 bits per heavy atom. The zero-order valence-electron chi connectivity index (χ0n) is 54.1. The normalized spacial score (nSPS) is 18.4. The molecular weight excluding hydrogens is 687 g/mol. The van der Waals surface area contributed by atoms with E-state index >= 15 is 0 Å². The Kier molecular flexibility index (Phi) is 3.19. The zero-order chi connectivity index (χ0) is 59.4. The average molecular weight is 744 g/mol. The zero-order valence-corrected chi connectivity index (χ0v) is 28.1. The van der Waals surface area contributed by atoms with E-state index in [0.29, 0.717) is 5.39 Å². The van der Waals surface area contributed by atoms with Gasteiger partial charge in [0.15, 0.2) is 11.2 Å². The van der Waals surface area contributed by atoms with E-state index in [-0.39, 0.29) is 16.6 Å². The molecule has 0 saturated carbocycles. The van der Waals surface area contributed by atoms with Crippen LogP contribution >= 0.6 is 0 Å². The first-order valence-electron chi connectivity index (χ1n) is 29.8. The quantitative estimate of drug-likeness (QED) is 0.176. The predicted octanol–water partition coefficient (Wildman–Crippen LogP) is 15.3. The van der Waals surface area contributed by atoms with Crippen molar-refractivity contribution in [3.63, 3.8) is 0 Å². The highest BCUT2D eigenvalue weighted by Gasteiger charge is 2.26. The summed E-state index contributed by atoms with van der Waals surface area (Å²) in [6.45, 7) is 0. The van der Waals surface area contributed by atoms with Gasteiger partial charge in [0.1, 0.15) is 22.3 Å². The number of furan rings is 3. The maximum atomic E-state index is 9.88. The van der Waals surface area contributed by atoms with Crippen LogP contribution in [-0.2, 0) is 0 Å². The van der Waals surface area contributed by atoms with Gasteiger partial charge < -0.3 is 18.2 Å². The van der Waals surface area contributed by atoms with Gasteiger partial charge in [0.2, 0.25) is 0 Å². The highest BCUT2D eigenvalue weighted by molar-refractivity contribution is 6.25. The molecule has 3 heterocycles. The van der Waals surface area contributed by atoms with Crippen molar-refractivity contribution >= 4 is 93.7 Å². The Morgan fingerprint density at radius 1 is 0.393 bits per heavy atom. The maximum absolute atomic E-state index is 9.88. The molecule has 56 heavy (non-hydrogen) atoms. The highest BCUT2D eigenvalue weighted by atomic mass is 16.3. The Balaban J connectivity index is 1.34. The van der Waals surface area contributed by atoms with E-state index in [1.807, 2.05) is 0 Å². The van der Waals surface area contributed by atoms with Crippen LogP contribution in [0, 0.1) is 0 Å². The molecule has 4 nitrogen and oxygen atoms in total. The number of para-hydroxylation sites is 4. The van der Waals surface area contributed by atoms with Crippen LogP contribution in [-0.4, -0.2) is 0 Å². The largest absolute Gasteiger partial charge is 0.456 e. The van der Waals surface area contributed by atoms with E-state index in [2.05, 4.69) is 0 Å². The second-order valence-electron chi connectivity index (χ2n) is 12.4. The van der Waals surface area contributed by atoms with Gasteiger partial charge in [0.25, 0.3) is 0 Å². The van der Waals surface area contributed by atoms with Crippen LogP contribution in [0.1, 0.15) is 35.6 Å². The third kappa shape index (κ3) is 4.60. The molecular formula is C52H31NO3. The number of anilines is 3. The van der Waals surface area contributed by atoms with Crippen LogP contribution < -0.4 is 4.90 Å². The molecule has 262 valence electrons. The van der Waals surface area contributed by atoms with Crippen LogP contribution in [0.3, 0.4) is 0 Å². The monoisotopic (exact) mass is 743 g/mol. The van der Waals surface area contributed by atoms with Gasteiger partial charge in [-0.1, -0.05) is 139 Å². The summed E-state index contributed by atoms with van der Waals surface area (Å²) in [4.78, 5) is 0.738. The fourth-order valence-electron chi connectivity index (χ4n) is 6.93. The first-order valence-corrected chi connectivity index (χ1v) is 16.8. The van der Waals surface area contributed by atoms with Crippen LogP contribution in [0.15, 0.2) is 201 Å². The second-order valence-corrected chi connectivity index (χ2v) is 12.4. The minimum absolute atomic E-state index is 0.122. The van der Waals surface area contributed by atoms with E-state index in [1.165, 1.54) is 12.1 Å². The average Bonchev–Trinajstić information content (AvgIpc) is 4.31. The fraction of sp³-hybridized carbons (Fsp3) is 0. The Bertz CT molecular complexity index is 4970. The standard InChI is InChI=1S/C52H31NO3/c1-2-12-32(13-3-1)34-26-28-37(29-27-34)53(43-20-10-18-39-38-16-6-8-22-45(38)55-50(39)43)44-21-11-19-40-42-31-47-49(41-17-7-9-23-46(41)54-47)48(52(42)56-51(40)44)36-25-24-33-14-4-5-15-35(33)30-36/h1-31H/i1D,2D,3D,4D,5D,7D,9D,10D,11D,12D,13D,14D,15D,17D,19D,20D,21D,23D,24D,25D,26D,27D,28D,29D,30D,31D. The van der Waals surface area contributed by atoms with Crippen molar-refractivity contribution in [3.8, 4) is 22.3 Å². The third-order valence-corrected chi connectivity index (χ3v) is 9.33. The minimum Gasteiger partial charge on any atom is -0.456 e. The Labute approximate surface area is 357 Å². The molecule has 9 aromatic carbocycles. The van der Waals surface area contributed by atoms with E-state index in [0.717, 1.165) is 4.90 Å². The van der Waals surface area contributed by atoms with Gasteiger partial charge in [-0.15, -0.1) is 0 Å². The molecule has 0 aliphatic rings. The van der Waals surface area contributed by atoms with Crippen LogP contribution in [0.2, 0.25) is 0 Å². The lowest BCUT2D eigenvalue weighted by molar-refractivity contribution is 0.664. The van der Waals surface area contributed by atoms with Crippen LogP contribution in [0.5, 0.6) is 0 Å². The van der Waals surface area contributed by atoms with Gasteiger partial charge >= 0.3 is 0 Å². The molecule has 0 fully saturated rings. The number of benzene rings is 9. The van der Waals surface area contributed by atoms with Crippen molar-refractivity contribution in [3.05, 3.63) is 187 Å². The smallest absolute Gasteiger partial charge is 0.159 e. The maximum Gasteiger partial charge on any atom is 0.159 e. The summed E-state index contributed by atoms with van der Waals surface area (Å²) in [7, 11) is 0. The molecule has 12 rings (SSSR count). The summed E-state index contributed by atoms with van der Waals surface area (Å²) in [6.07, 6.45) is 0. The molecule has 0 bridgehead atoms. The molecule has 0 atom stereocenters. The fourth-order valence-corrected chi connectivity index (χ4v) is 6.93. The van der Waals surface area contributed by atoms with Crippen molar-refractivity contribution < 1.29 is 48.9 Å². The van der Waals surface area contributed by atoms with Crippen molar-refractivity contribution in [2.24, 2.45) is 0 Å². The number of fused-ring (bicyclic) bond motifs is 10. The molecule has 0 aliphatic carbocycles. The Hall–Kier alpha value is -7.56. The van der Waals surface area contributed by atoms with Crippen molar-refractivity contribution in [2.75, 3.05) is 4.90 Å². The van der Waals surface area contributed by atoms with Crippen molar-refractivity contribution in [1.82, 2.24) is 0 Å². The summed E-state index contributed by atoms with van der Waals surface area (Å²) in [5.41, 5.74) is -7.87. The molecule has 0 radical (unpaired) electrons. The molecule has 0 aliphatic heterocycles. The van der Waals surface area contributed by atoms with Crippen LogP contribution in [0.4, 0.5) is 17.1 Å². The lowest BCUT2D eigenvalue weighted by Crippen LogP contribution is -2.10. The van der Waals surface area contributed by atoms with Crippen molar-refractivity contribution in [2.45, 2.75) is 0 Å². The summed E-state index contributed by atoms with van der Waals surface area (Å²) in [5.74, 6) is 0. The van der Waals surface area contributed by atoms with Gasteiger partial charge in [-0.25, -0.2) is 0 Å². The van der Waals surface area contributed by atoms with E-state index in [1.54, 1.807) is 18.2 Å². The molecule has 12 aromatic rings. The first-order chi connectivity index (χ1) is 38.6. The molecule has 0 N–H and O–H groups in total. The number of rotatable bonds is 5. The minimum atomic E-state index is -1.08. The molecule has 0 amide bonds. The van der Waals surface area contributed by atoms with Gasteiger partial charge in [0.05, 0.1) is 47.0 Å². The highest BCUT2D eigenvalue weighted by Crippen LogP contribution is 2.50. The molecule has 3 aromatic heterocycles. The molecule has 0 unspecified atom stereocenters. The topological polar surface area (TPSA) is 42.7 Å². The number of nitrogens with zero attached hydrogens (tertiary/aromatic N) is 1. The molecule has 4 heteroatoms. The van der Waals surface area contributed by atoms with Crippen LogP contribution in [0.25, 0.3) is 98.8 Å². The van der Waals surface area contributed by atoms with Gasteiger partial charge in [0, 0.05) is 43.6 Å². The summed E-state index contributed by atoms with van der Waals surface area (Å²) in [5, 5.41) is -2.77. The molecule has 0 saturated heterocycles. The summed E-state index contributed by atoms with van der Waals surface area (Å²) in [6, 6.07) is -15.1. The number of hydrogen-bond acceptors (Lipinski definition) is 4. The van der Waals surface area contributed by atoms with Gasteiger partial charge in [-0.2, -0.15) is 0 Å². The van der Waals surface area contributed by atoms with E-state index in [4.69, 9.17) is 32.4 Å². The lowest BCUT2D eigenvalue weighted by Gasteiger charge is -2.25. The number of hydrogen-bond donors (Lipinski definition) is 0. The van der Waals surface area contributed by atoms with Gasteiger partial charge in [-0.05, 0) is 75.8 Å². The van der Waals surface area contributed by atoms with E-state index < -0.39 is 251 Å². The molecule has 0 spiro atoms. The second kappa shape index (κ2) is 12.0.